The monoisotopic (exact) mass is 332 g/mol. The standard InChI is InChI=1S/C16H16N2O4S/c1-9-7-13(16(21)22-3)15(23-9)18-14(20)11-5-4-6-12(8-11)17-10(2)19/h4-8H,1-3H3,(H,17,19)(H,18,20). The van der Waals surface area contributed by atoms with E-state index in [4.69, 9.17) is 4.74 Å². The first-order valence-electron chi connectivity index (χ1n) is 6.78. The molecule has 23 heavy (non-hydrogen) atoms. The smallest absolute Gasteiger partial charge is 0.340 e. The Balaban J connectivity index is 2.23. The van der Waals surface area contributed by atoms with E-state index in [-0.39, 0.29) is 11.8 Å². The van der Waals surface area contributed by atoms with Gasteiger partial charge in [0.25, 0.3) is 5.91 Å². The molecular formula is C16H16N2O4S. The first kappa shape index (κ1) is 16.7. The van der Waals surface area contributed by atoms with Crippen molar-refractivity contribution < 1.29 is 19.1 Å². The highest BCUT2D eigenvalue weighted by molar-refractivity contribution is 7.16. The van der Waals surface area contributed by atoms with Gasteiger partial charge in [0.2, 0.25) is 5.91 Å². The van der Waals surface area contributed by atoms with Crippen LogP contribution in [0.4, 0.5) is 10.7 Å². The van der Waals surface area contributed by atoms with Gasteiger partial charge in [-0.25, -0.2) is 4.79 Å². The summed E-state index contributed by atoms with van der Waals surface area (Å²) in [6.45, 7) is 3.23. The minimum atomic E-state index is -0.503. The topological polar surface area (TPSA) is 84.5 Å². The van der Waals surface area contributed by atoms with E-state index in [2.05, 4.69) is 10.6 Å². The summed E-state index contributed by atoms with van der Waals surface area (Å²) >= 11 is 1.29. The summed E-state index contributed by atoms with van der Waals surface area (Å²) in [4.78, 5) is 36.0. The number of amides is 2. The molecule has 7 heteroatoms. The van der Waals surface area contributed by atoms with Gasteiger partial charge in [-0.3, -0.25) is 9.59 Å². The summed E-state index contributed by atoms with van der Waals surface area (Å²) in [7, 11) is 1.29. The molecule has 120 valence electrons. The quantitative estimate of drug-likeness (QED) is 0.843. The Kier molecular flexibility index (Phi) is 5.13. The second kappa shape index (κ2) is 7.06. The fraction of sp³-hybridized carbons (Fsp3) is 0.188. The van der Waals surface area contributed by atoms with Gasteiger partial charge in [-0.05, 0) is 31.2 Å². The maximum Gasteiger partial charge on any atom is 0.340 e. The van der Waals surface area contributed by atoms with Crippen LogP contribution in [-0.2, 0) is 9.53 Å². The van der Waals surface area contributed by atoms with Crippen LogP contribution in [0.1, 0.15) is 32.5 Å². The third-order valence-electron chi connectivity index (χ3n) is 2.93. The number of esters is 1. The Morgan fingerprint density at radius 3 is 2.52 bits per heavy atom. The first-order chi connectivity index (χ1) is 10.9. The lowest BCUT2D eigenvalue weighted by Crippen LogP contribution is -2.14. The van der Waals surface area contributed by atoms with E-state index in [0.717, 1.165) is 4.88 Å². The van der Waals surface area contributed by atoms with Gasteiger partial charge >= 0.3 is 5.97 Å². The van der Waals surface area contributed by atoms with Crippen molar-refractivity contribution in [2.24, 2.45) is 0 Å². The minimum Gasteiger partial charge on any atom is -0.465 e. The van der Waals surface area contributed by atoms with Gasteiger partial charge in [0.15, 0.2) is 0 Å². The van der Waals surface area contributed by atoms with Crippen LogP contribution in [0.5, 0.6) is 0 Å². The SMILES string of the molecule is COC(=O)c1cc(C)sc1NC(=O)c1cccc(NC(C)=O)c1. The molecule has 6 nitrogen and oxygen atoms in total. The zero-order chi connectivity index (χ0) is 17.0. The molecule has 1 heterocycles. The highest BCUT2D eigenvalue weighted by Gasteiger charge is 2.18. The molecule has 0 atom stereocenters. The van der Waals surface area contributed by atoms with Gasteiger partial charge in [0.1, 0.15) is 5.00 Å². The lowest BCUT2D eigenvalue weighted by Gasteiger charge is -2.07. The third kappa shape index (κ3) is 4.17. The molecular weight excluding hydrogens is 316 g/mol. The summed E-state index contributed by atoms with van der Waals surface area (Å²) in [5, 5.41) is 5.76. The van der Waals surface area contributed by atoms with Gasteiger partial charge in [0.05, 0.1) is 12.7 Å². The van der Waals surface area contributed by atoms with Crippen LogP contribution < -0.4 is 10.6 Å². The fourth-order valence-electron chi connectivity index (χ4n) is 1.99. The third-order valence-corrected chi connectivity index (χ3v) is 3.90. The number of benzene rings is 1. The van der Waals surface area contributed by atoms with Crippen LogP contribution in [0.25, 0.3) is 0 Å². The normalized spacial score (nSPS) is 10.0. The molecule has 1 aromatic carbocycles. The van der Waals surface area contributed by atoms with E-state index in [1.165, 1.54) is 25.4 Å². The summed E-state index contributed by atoms with van der Waals surface area (Å²) in [6, 6.07) is 8.21. The van der Waals surface area contributed by atoms with Crippen LogP contribution in [-0.4, -0.2) is 24.9 Å². The van der Waals surface area contributed by atoms with E-state index in [1.54, 1.807) is 30.3 Å². The molecule has 0 aliphatic heterocycles. The number of methoxy groups -OCH3 is 1. The van der Waals surface area contributed by atoms with Crippen molar-refractivity contribution in [3.63, 3.8) is 0 Å². The van der Waals surface area contributed by atoms with Gasteiger partial charge in [0, 0.05) is 23.1 Å². The van der Waals surface area contributed by atoms with Crippen LogP contribution in [0.2, 0.25) is 0 Å². The fourth-order valence-corrected chi connectivity index (χ4v) is 2.88. The van der Waals surface area contributed by atoms with Gasteiger partial charge in [-0.15, -0.1) is 11.3 Å². The largest absolute Gasteiger partial charge is 0.465 e. The van der Waals surface area contributed by atoms with Gasteiger partial charge in [-0.2, -0.15) is 0 Å². The summed E-state index contributed by atoms with van der Waals surface area (Å²) in [5.41, 5.74) is 1.22. The molecule has 0 fully saturated rings. The lowest BCUT2D eigenvalue weighted by molar-refractivity contribution is -0.114. The van der Waals surface area contributed by atoms with Crippen molar-refractivity contribution in [1.29, 1.82) is 0 Å². The van der Waals surface area contributed by atoms with Gasteiger partial charge in [-0.1, -0.05) is 6.07 Å². The van der Waals surface area contributed by atoms with E-state index >= 15 is 0 Å². The number of hydrogen-bond acceptors (Lipinski definition) is 5. The molecule has 0 unspecified atom stereocenters. The number of nitrogens with one attached hydrogen (secondary N) is 2. The number of ether oxygens (including phenoxy) is 1. The molecule has 1 aromatic heterocycles. The highest BCUT2D eigenvalue weighted by Crippen LogP contribution is 2.28. The number of carbonyl (C=O) groups excluding carboxylic acids is 3. The van der Waals surface area contributed by atoms with E-state index in [0.29, 0.717) is 21.8 Å². The molecule has 0 aliphatic carbocycles. The Bertz CT molecular complexity index is 767. The summed E-state index contributed by atoms with van der Waals surface area (Å²) in [6.07, 6.45) is 0. The average Bonchev–Trinajstić information content (AvgIpc) is 2.86. The second-order valence-electron chi connectivity index (χ2n) is 4.81. The Labute approximate surface area is 137 Å². The number of anilines is 2. The van der Waals surface area contributed by atoms with Gasteiger partial charge < -0.3 is 15.4 Å². The average molecular weight is 332 g/mol. The van der Waals surface area contributed by atoms with Crippen molar-refractivity contribution in [2.45, 2.75) is 13.8 Å². The summed E-state index contributed by atoms with van der Waals surface area (Å²) < 4.78 is 4.71. The molecule has 0 spiro atoms. The molecule has 0 radical (unpaired) electrons. The van der Waals surface area contributed by atoms with Crippen molar-refractivity contribution in [2.75, 3.05) is 17.7 Å². The molecule has 0 aliphatic rings. The number of hydrogen-bond donors (Lipinski definition) is 2. The number of aryl methyl sites for hydroxylation is 1. The van der Waals surface area contributed by atoms with Crippen LogP contribution in [0.15, 0.2) is 30.3 Å². The first-order valence-corrected chi connectivity index (χ1v) is 7.60. The Morgan fingerprint density at radius 1 is 1.13 bits per heavy atom. The molecule has 0 bridgehead atoms. The van der Waals surface area contributed by atoms with Crippen molar-refractivity contribution >= 4 is 39.8 Å². The van der Waals surface area contributed by atoms with E-state index < -0.39 is 5.97 Å². The molecule has 0 saturated heterocycles. The molecule has 2 aromatic rings. The second-order valence-corrected chi connectivity index (χ2v) is 6.06. The van der Waals surface area contributed by atoms with E-state index in [1.807, 2.05) is 6.92 Å². The van der Waals surface area contributed by atoms with Crippen molar-refractivity contribution in [3.8, 4) is 0 Å². The van der Waals surface area contributed by atoms with Crippen LogP contribution in [0, 0.1) is 6.92 Å². The predicted octanol–water partition coefficient (Wildman–Crippen LogP) is 3.05. The van der Waals surface area contributed by atoms with E-state index in [9.17, 15) is 14.4 Å². The van der Waals surface area contributed by atoms with Crippen LogP contribution in [0.3, 0.4) is 0 Å². The highest BCUT2D eigenvalue weighted by atomic mass is 32.1. The lowest BCUT2D eigenvalue weighted by atomic mass is 10.2. The van der Waals surface area contributed by atoms with Crippen molar-refractivity contribution in [3.05, 3.63) is 46.3 Å². The molecule has 2 N–H and O–H groups in total. The number of carbonyl (C=O) groups is 3. The predicted molar refractivity (Wildman–Crippen MR) is 89.1 cm³/mol. The number of rotatable bonds is 4. The summed E-state index contributed by atoms with van der Waals surface area (Å²) in [5.74, 6) is -1.09. The molecule has 2 amide bonds. The zero-order valence-corrected chi connectivity index (χ0v) is 13.7. The minimum absolute atomic E-state index is 0.218. The Morgan fingerprint density at radius 2 is 1.87 bits per heavy atom. The van der Waals surface area contributed by atoms with Crippen molar-refractivity contribution in [1.82, 2.24) is 0 Å². The molecule has 0 saturated carbocycles. The Hall–Kier alpha value is -2.67. The zero-order valence-electron chi connectivity index (χ0n) is 12.9. The molecule has 2 rings (SSSR count). The van der Waals surface area contributed by atoms with Crippen LogP contribution >= 0.6 is 11.3 Å². The maximum absolute atomic E-state index is 12.4. The maximum atomic E-state index is 12.4. The number of thiophene rings is 1.